The molecule has 112 valence electrons. The van der Waals surface area contributed by atoms with Crippen LogP contribution in [-0.2, 0) is 11.3 Å². The van der Waals surface area contributed by atoms with Crippen LogP contribution < -0.4 is 5.32 Å². The Morgan fingerprint density at radius 2 is 2.14 bits per heavy atom. The van der Waals surface area contributed by atoms with E-state index in [1.54, 1.807) is 12.1 Å². The van der Waals surface area contributed by atoms with E-state index in [0.29, 0.717) is 11.5 Å². The van der Waals surface area contributed by atoms with Crippen molar-refractivity contribution in [1.29, 1.82) is 0 Å². The van der Waals surface area contributed by atoms with Crippen molar-refractivity contribution in [3.05, 3.63) is 47.8 Å². The summed E-state index contributed by atoms with van der Waals surface area (Å²) in [5.41, 5.74) is 2.42. The number of aromatic amines is 1. The summed E-state index contributed by atoms with van der Waals surface area (Å²) in [6.45, 7) is 1.73. The Balaban J connectivity index is 1.77. The summed E-state index contributed by atoms with van der Waals surface area (Å²) in [7, 11) is 0. The van der Waals surface area contributed by atoms with Crippen LogP contribution in [0.3, 0.4) is 0 Å². The van der Waals surface area contributed by atoms with Gasteiger partial charge < -0.3 is 15.4 Å². The second-order valence-corrected chi connectivity index (χ2v) is 5.02. The molecule has 0 spiro atoms. The van der Waals surface area contributed by atoms with Crippen molar-refractivity contribution in [2.75, 3.05) is 5.32 Å². The second kappa shape index (κ2) is 5.36. The minimum atomic E-state index is -0.994. The zero-order chi connectivity index (χ0) is 15.7. The first-order valence-electron chi connectivity index (χ1n) is 6.67. The fourth-order valence-electron chi connectivity index (χ4n) is 2.20. The molecule has 3 aromatic rings. The normalized spacial score (nSPS) is 10.8. The topological polar surface area (TPSA) is 100 Å². The SMILES string of the molecule is Cc1ccc2cc(C(=O)Nc3ccn(CC(=O)O)n3)[nH]c2c1. The quantitative estimate of drug-likeness (QED) is 0.686. The molecular formula is C15H14N4O3. The summed E-state index contributed by atoms with van der Waals surface area (Å²) in [6, 6.07) is 9.20. The number of carboxylic acid groups (broad SMARTS) is 1. The molecule has 0 atom stereocenters. The lowest BCUT2D eigenvalue weighted by molar-refractivity contribution is -0.137. The molecule has 0 saturated heterocycles. The van der Waals surface area contributed by atoms with Crippen LogP contribution in [0.5, 0.6) is 0 Å². The van der Waals surface area contributed by atoms with E-state index in [4.69, 9.17) is 5.11 Å². The predicted molar refractivity (Wildman–Crippen MR) is 80.9 cm³/mol. The summed E-state index contributed by atoms with van der Waals surface area (Å²) < 4.78 is 1.24. The number of carbonyl (C=O) groups is 2. The predicted octanol–water partition coefficient (Wildman–Crippen LogP) is 2.01. The molecule has 0 bridgehead atoms. The first kappa shape index (κ1) is 13.9. The molecule has 3 N–H and O–H groups in total. The van der Waals surface area contributed by atoms with Crippen molar-refractivity contribution in [2.45, 2.75) is 13.5 Å². The van der Waals surface area contributed by atoms with Gasteiger partial charge in [-0.25, -0.2) is 0 Å². The summed E-state index contributed by atoms with van der Waals surface area (Å²) >= 11 is 0. The fourth-order valence-corrected chi connectivity index (χ4v) is 2.20. The molecular weight excluding hydrogens is 284 g/mol. The van der Waals surface area contributed by atoms with Gasteiger partial charge in [0.1, 0.15) is 12.2 Å². The lowest BCUT2D eigenvalue weighted by Gasteiger charge is -1.99. The number of aryl methyl sites for hydroxylation is 1. The van der Waals surface area contributed by atoms with Gasteiger partial charge in [-0.3, -0.25) is 14.3 Å². The number of nitrogens with zero attached hydrogens (tertiary/aromatic N) is 2. The van der Waals surface area contributed by atoms with Crippen LogP contribution in [-0.4, -0.2) is 31.7 Å². The molecule has 0 aliphatic carbocycles. The number of nitrogens with one attached hydrogen (secondary N) is 2. The van der Waals surface area contributed by atoms with Crippen LogP contribution in [0.1, 0.15) is 16.1 Å². The van der Waals surface area contributed by atoms with E-state index >= 15 is 0 Å². The van der Waals surface area contributed by atoms with Crippen molar-refractivity contribution in [2.24, 2.45) is 0 Å². The van der Waals surface area contributed by atoms with Crippen LogP contribution in [0.15, 0.2) is 36.5 Å². The maximum atomic E-state index is 12.2. The van der Waals surface area contributed by atoms with Crippen LogP contribution in [0.4, 0.5) is 5.82 Å². The number of aromatic nitrogens is 3. The first-order chi connectivity index (χ1) is 10.5. The molecule has 0 fully saturated rings. The lowest BCUT2D eigenvalue weighted by Crippen LogP contribution is -2.14. The third-order valence-electron chi connectivity index (χ3n) is 3.20. The van der Waals surface area contributed by atoms with Crippen LogP contribution in [0.2, 0.25) is 0 Å². The second-order valence-electron chi connectivity index (χ2n) is 5.02. The van der Waals surface area contributed by atoms with Gasteiger partial charge in [-0.05, 0) is 24.6 Å². The molecule has 1 aromatic carbocycles. The molecule has 2 heterocycles. The molecule has 0 aliphatic rings. The Morgan fingerprint density at radius 3 is 2.91 bits per heavy atom. The monoisotopic (exact) mass is 298 g/mol. The maximum Gasteiger partial charge on any atom is 0.325 e. The molecule has 22 heavy (non-hydrogen) atoms. The summed E-state index contributed by atoms with van der Waals surface area (Å²) in [6.07, 6.45) is 1.50. The molecule has 0 aliphatic heterocycles. The van der Waals surface area contributed by atoms with E-state index in [2.05, 4.69) is 15.4 Å². The third kappa shape index (κ3) is 2.83. The van der Waals surface area contributed by atoms with Crippen molar-refractivity contribution in [1.82, 2.24) is 14.8 Å². The van der Waals surface area contributed by atoms with Gasteiger partial charge in [0.25, 0.3) is 5.91 Å². The van der Waals surface area contributed by atoms with Gasteiger partial charge in [-0.1, -0.05) is 12.1 Å². The molecule has 7 heteroatoms. The number of hydrogen-bond acceptors (Lipinski definition) is 3. The zero-order valence-electron chi connectivity index (χ0n) is 11.8. The van der Waals surface area contributed by atoms with Gasteiger partial charge in [0.05, 0.1) is 0 Å². The Labute approximate surface area is 125 Å². The van der Waals surface area contributed by atoms with E-state index in [0.717, 1.165) is 16.5 Å². The minimum Gasteiger partial charge on any atom is -0.480 e. The number of amides is 1. The van der Waals surface area contributed by atoms with E-state index in [1.807, 2.05) is 25.1 Å². The van der Waals surface area contributed by atoms with Crippen molar-refractivity contribution >= 4 is 28.6 Å². The number of H-pyrrole nitrogens is 1. The number of carboxylic acids is 1. The largest absolute Gasteiger partial charge is 0.480 e. The van der Waals surface area contributed by atoms with E-state index in [9.17, 15) is 9.59 Å². The Hall–Kier alpha value is -3.09. The zero-order valence-corrected chi connectivity index (χ0v) is 11.8. The van der Waals surface area contributed by atoms with Gasteiger partial charge in [-0.2, -0.15) is 5.10 Å². The number of aliphatic carboxylic acids is 1. The number of fused-ring (bicyclic) bond motifs is 1. The summed E-state index contributed by atoms with van der Waals surface area (Å²) in [4.78, 5) is 25.8. The lowest BCUT2D eigenvalue weighted by atomic mass is 10.2. The summed E-state index contributed by atoms with van der Waals surface area (Å²) in [5, 5.41) is 16.2. The first-order valence-corrected chi connectivity index (χ1v) is 6.67. The highest BCUT2D eigenvalue weighted by molar-refractivity contribution is 6.05. The van der Waals surface area contributed by atoms with E-state index in [-0.39, 0.29) is 12.5 Å². The average molecular weight is 298 g/mol. The molecule has 1 amide bonds. The summed E-state index contributed by atoms with van der Waals surface area (Å²) in [5.74, 6) is -1.01. The highest BCUT2D eigenvalue weighted by Gasteiger charge is 2.11. The maximum absolute atomic E-state index is 12.2. The van der Waals surface area contributed by atoms with Gasteiger partial charge in [0.15, 0.2) is 5.82 Å². The fraction of sp³-hybridized carbons (Fsp3) is 0.133. The Kier molecular flexibility index (Phi) is 3.38. The number of anilines is 1. The molecule has 7 nitrogen and oxygen atoms in total. The molecule has 0 saturated carbocycles. The highest BCUT2D eigenvalue weighted by Crippen LogP contribution is 2.17. The van der Waals surface area contributed by atoms with Gasteiger partial charge in [0.2, 0.25) is 0 Å². The van der Waals surface area contributed by atoms with E-state index < -0.39 is 5.97 Å². The Morgan fingerprint density at radius 1 is 1.32 bits per heavy atom. The standard InChI is InChI=1S/C15H14N4O3/c1-9-2-3-10-7-12(16-11(10)6-9)15(22)17-13-4-5-19(18-13)8-14(20)21/h2-7,16H,8H2,1H3,(H,20,21)(H,17,18,22). The smallest absolute Gasteiger partial charge is 0.325 e. The molecule has 0 radical (unpaired) electrons. The van der Waals surface area contributed by atoms with Gasteiger partial charge in [0, 0.05) is 23.2 Å². The molecule has 2 aromatic heterocycles. The Bertz CT molecular complexity index is 863. The third-order valence-corrected chi connectivity index (χ3v) is 3.20. The number of carbonyl (C=O) groups excluding carboxylic acids is 1. The average Bonchev–Trinajstić information content (AvgIpc) is 3.04. The number of benzene rings is 1. The number of rotatable bonds is 4. The van der Waals surface area contributed by atoms with Crippen molar-refractivity contribution < 1.29 is 14.7 Å². The van der Waals surface area contributed by atoms with Crippen molar-refractivity contribution in [3.8, 4) is 0 Å². The number of hydrogen-bond donors (Lipinski definition) is 3. The minimum absolute atomic E-state index is 0.248. The van der Waals surface area contributed by atoms with Crippen LogP contribution in [0, 0.1) is 6.92 Å². The van der Waals surface area contributed by atoms with Gasteiger partial charge >= 0.3 is 5.97 Å². The van der Waals surface area contributed by atoms with Crippen LogP contribution in [0.25, 0.3) is 10.9 Å². The molecule has 0 unspecified atom stereocenters. The van der Waals surface area contributed by atoms with Crippen molar-refractivity contribution in [3.63, 3.8) is 0 Å². The molecule has 3 rings (SSSR count). The highest BCUT2D eigenvalue weighted by atomic mass is 16.4. The van der Waals surface area contributed by atoms with Crippen LogP contribution >= 0.6 is 0 Å². The van der Waals surface area contributed by atoms with E-state index in [1.165, 1.54) is 10.9 Å². The van der Waals surface area contributed by atoms with Gasteiger partial charge in [-0.15, -0.1) is 0 Å².